The average molecular weight is 273 g/mol. The van der Waals surface area contributed by atoms with Crippen molar-refractivity contribution in [3.63, 3.8) is 0 Å². The van der Waals surface area contributed by atoms with Crippen molar-refractivity contribution >= 4 is 5.97 Å². The van der Waals surface area contributed by atoms with E-state index in [-0.39, 0.29) is 18.1 Å². The number of ether oxygens (including phenoxy) is 2. The van der Waals surface area contributed by atoms with Gasteiger partial charge in [-0.25, -0.2) is 4.79 Å². The number of aromatic nitrogens is 1. The SMILES string of the molecule is COC(=O)c1c(OCc2ccccc2)[nH]c(C)cc1=O. The summed E-state index contributed by atoms with van der Waals surface area (Å²) in [7, 11) is 1.22. The van der Waals surface area contributed by atoms with Crippen LogP contribution in [-0.2, 0) is 11.3 Å². The van der Waals surface area contributed by atoms with Gasteiger partial charge in [-0.3, -0.25) is 4.79 Å². The van der Waals surface area contributed by atoms with Gasteiger partial charge in [-0.05, 0) is 12.5 Å². The number of aromatic amines is 1. The van der Waals surface area contributed by atoms with Crippen molar-refractivity contribution in [1.82, 2.24) is 4.98 Å². The van der Waals surface area contributed by atoms with Crippen molar-refractivity contribution in [3.05, 3.63) is 63.4 Å². The molecule has 0 spiro atoms. The Balaban J connectivity index is 2.31. The van der Waals surface area contributed by atoms with Crippen LogP contribution in [0.1, 0.15) is 21.6 Å². The minimum atomic E-state index is -0.714. The highest BCUT2D eigenvalue weighted by molar-refractivity contribution is 5.91. The smallest absolute Gasteiger partial charge is 0.347 e. The second-order valence-electron chi connectivity index (χ2n) is 4.29. The second-order valence-corrected chi connectivity index (χ2v) is 4.29. The molecular weight excluding hydrogens is 258 g/mol. The van der Waals surface area contributed by atoms with Crippen LogP contribution in [-0.4, -0.2) is 18.1 Å². The largest absolute Gasteiger partial charge is 0.473 e. The van der Waals surface area contributed by atoms with E-state index < -0.39 is 11.4 Å². The number of carbonyl (C=O) groups is 1. The molecule has 1 N–H and O–H groups in total. The number of rotatable bonds is 4. The van der Waals surface area contributed by atoms with Crippen molar-refractivity contribution in [2.75, 3.05) is 7.11 Å². The fourth-order valence-corrected chi connectivity index (χ4v) is 1.79. The second kappa shape index (κ2) is 6.06. The lowest BCUT2D eigenvalue weighted by Gasteiger charge is -2.10. The molecule has 0 saturated heterocycles. The summed E-state index contributed by atoms with van der Waals surface area (Å²) in [5, 5.41) is 0. The van der Waals surface area contributed by atoms with Gasteiger partial charge < -0.3 is 14.5 Å². The van der Waals surface area contributed by atoms with E-state index in [0.29, 0.717) is 5.69 Å². The zero-order valence-electron chi connectivity index (χ0n) is 11.3. The van der Waals surface area contributed by atoms with Crippen molar-refractivity contribution in [2.45, 2.75) is 13.5 Å². The summed E-state index contributed by atoms with van der Waals surface area (Å²) >= 11 is 0. The minimum Gasteiger partial charge on any atom is -0.473 e. The number of benzene rings is 1. The van der Waals surface area contributed by atoms with E-state index >= 15 is 0 Å². The van der Waals surface area contributed by atoms with Gasteiger partial charge in [0, 0.05) is 11.8 Å². The molecule has 0 atom stereocenters. The number of nitrogens with one attached hydrogen (secondary N) is 1. The van der Waals surface area contributed by atoms with Crippen LogP contribution >= 0.6 is 0 Å². The number of methoxy groups -OCH3 is 1. The maximum Gasteiger partial charge on any atom is 0.347 e. The fourth-order valence-electron chi connectivity index (χ4n) is 1.79. The number of H-pyrrole nitrogens is 1. The van der Waals surface area contributed by atoms with E-state index in [0.717, 1.165) is 5.56 Å². The molecule has 2 rings (SSSR count). The average Bonchev–Trinajstić information content (AvgIpc) is 2.45. The molecule has 2 aromatic rings. The van der Waals surface area contributed by atoms with Gasteiger partial charge in [0.05, 0.1) is 7.11 Å². The van der Waals surface area contributed by atoms with Crippen molar-refractivity contribution < 1.29 is 14.3 Å². The maximum absolute atomic E-state index is 11.9. The third kappa shape index (κ3) is 3.06. The Morgan fingerprint density at radius 2 is 1.95 bits per heavy atom. The first-order chi connectivity index (χ1) is 9.61. The van der Waals surface area contributed by atoms with Crippen molar-refractivity contribution in [3.8, 4) is 5.88 Å². The minimum absolute atomic E-state index is 0.117. The predicted molar refractivity (Wildman–Crippen MR) is 73.9 cm³/mol. The topological polar surface area (TPSA) is 68.4 Å². The van der Waals surface area contributed by atoms with Crippen LogP contribution in [0, 0.1) is 6.92 Å². The van der Waals surface area contributed by atoms with Crippen LogP contribution in [0.3, 0.4) is 0 Å². The molecule has 5 heteroatoms. The van der Waals surface area contributed by atoms with Gasteiger partial charge in [0.1, 0.15) is 6.61 Å². The molecule has 0 bridgehead atoms. The molecule has 1 aromatic heterocycles. The summed E-state index contributed by atoms with van der Waals surface area (Å²) in [6, 6.07) is 10.8. The van der Waals surface area contributed by atoms with Crippen LogP contribution in [0.25, 0.3) is 0 Å². The normalized spacial score (nSPS) is 10.1. The van der Waals surface area contributed by atoms with Gasteiger partial charge in [-0.15, -0.1) is 0 Å². The molecule has 0 saturated carbocycles. The number of aryl methyl sites for hydroxylation is 1. The van der Waals surface area contributed by atoms with Crippen LogP contribution < -0.4 is 10.2 Å². The Bertz CT molecular complexity index is 661. The molecule has 0 aliphatic rings. The van der Waals surface area contributed by atoms with E-state index in [1.807, 2.05) is 30.3 Å². The summed E-state index contributed by atoms with van der Waals surface area (Å²) in [4.78, 5) is 26.4. The number of hydrogen-bond acceptors (Lipinski definition) is 4. The van der Waals surface area contributed by atoms with Crippen LogP contribution in [0.15, 0.2) is 41.2 Å². The van der Waals surface area contributed by atoms with Gasteiger partial charge in [-0.2, -0.15) is 0 Å². The van der Waals surface area contributed by atoms with E-state index in [9.17, 15) is 9.59 Å². The molecule has 0 fully saturated rings. The Hall–Kier alpha value is -2.56. The summed E-state index contributed by atoms with van der Waals surface area (Å²) < 4.78 is 10.2. The number of hydrogen-bond donors (Lipinski definition) is 1. The van der Waals surface area contributed by atoms with E-state index in [2.05, 4.69) is 9.72 Å². The molecule has 104 valence electrons. The molecule has 0 aliphatic carbocycles. The lowest BCUT2D eigenvalue weighted by molar-refractivity contribution is 0.0592. The van der Waals surface area contributed by atoms with Crippen LogP contribution in [0.4, 0.5) is 0 Å². The molecule has 20 heavy (non-hydrogen) atoms. The number of carbonyl (C=O) groups excluding carboxylic acids is 1. The Morgan fingerprint density at radius 3 is 2.60 bits per heavy atom. The fraction of sp³-hybridized carbons (Fsp3) is 0.200. The summed E-state index contributed by atoms with van der Waals surface area (Å²) in [5.41, 5.74) is 1.02. The highest BCUT2D eigenvalue weighted by atomic mass is 16.5. The molecule has 1 aromatic carbocycles. The number of pyridine rings is 1. The maximum atomic E-state index is 11.9. The van der Waals surface area contributed by atoms with Gasteiger partial charge in [0.15, 0.2) is 11.0 Å². The molecule has 0 amide bonds. The standard InChI is InChI=1S/C15H15NO4/c1-10-8-12(17)13(15(18)19-2)14(16-10)20-9-11-6-4-3-5-7-11/h3-8H,9H2,1-2H3,(H,16,17). The molecular formula is C15H15NO4. The van der Waals surface area contributed by atoms with E-state index in [1.54, 1.807) is 6.92 Å². The van der Waals surface area contributed by atoms with Crippen molar-refractivity contribution in [2.24, 2.45) is 0 Å². The van der Waals surface area contributed by atoms with Crippen LogP contribution in [0.2, 0.25) is 0 Å². The summed E-state index contributed by atoms with van der Waals surface area (Å²) in [6.45, 7) is 1.97. The quantitative estimate of drug-likeness (QED) is 0.866. The van der Waals surface area contributed by atoms with Gasteiger partial charge in [0.2, 0.25) is 5.88 Å². The monoisotopic (exact) mass is 273 g/mol. The zero-order valence-corrected chi connectivity index (χ0v) is 11.3. The van der Waals surface area contributed by atoms with Crippen molar-refractivity contribution in [1.29, 1.82) is 0 Å². The molecule has 0 unspecified atom stereocenters. The zero-order chi connectivity index (χ0) is 14.5. The summed E-state index contributed by atoms with van der Waals surface area (Å²) in [6.07, 6.45) is 0. The third-order valence-electron chi connectivity index (χ3n) is 2.75. The molecule has 0 aliphatic heterocycles. The van der Waals surface area contributed by atoms with Gasteiger partial charge in [-0.1, -0.05) is 30.3 Å². The first-order valence-electron chi connectivity index (χ1n) is 6.11. The highest BCUT2D eigenvalue weighted by Crippen LogP contribution is 2.15. The van der Waals surface area contributed by atoms with Crippen LogP contribution in [0.5, 0.6) is 5.88 Å². The molecule has 1 heterocycles. The Kier molecular flexibility index (Phi) is 4.20. The lowest BCUT2D eigenvalue weighted by Crippen LogP contribution is -2.19. The Labute approximate surface area is 116 Å². The third-order valence-corrected chi connectivity index (χ3v) is 2.75. The first-order valence-corrected chi connectivity index (χ1v) is 6.11. The highest BCUT2D eigenvalue weighted by Gasteiger charge is 2.18. The molecule has 5 nitrogen and oxygen atoms in total. The van der Waals surface area contributed by atoms with Gasteiger partial charge in [0.25, 0.3) is 0 Å². The molecule has 0 radical (unpaired) electrons. The first kappa shape index (κ1) is 13.9. The van der Waals surface area contributed by atoms with E-state index in [1.165, 1.54) is 13.2 Å². The lowest BCUT2D eigenvalue weighted by atomic mass is 10.2. The predicted octanol–water partition coefficient (Wildman–Crippen LogP) is 2.05. The Morgan fingerprint density at radius 1 is 1.25 bits per heavy atom. The van der Waals surface area contributed by atoms with Gasteiger partial charge >= 0.3 is 5.97 Å². The van der Waals surface area contributed by atoms with E-state index in [4.69, 9.17) is 4.74 Å². The summed E-state index contributed by atoms with van der Waals surface area (Å²) in [5.74, 6) is -0.583. The number of esters is 1.